The van der Waals surface area contributed by atoms with E-state index in [1.165, 1.54) is 0 Å². The van der Waals surface area contributed by atoms with E-state index < -0.39 is 0 Å². The topological polar surface area (TPSA) is 43.1 Å². The zero-order valence-electron chi connectivity index (χ0n) is 11.6. The number of benzene rings is 2. The monoisotopic (exact) mass is 372 g/mol. The summed E-state index contributed by atoms with van der Waals surface area (Å²) < 4.78 is 2.94. The van der Waals surface area contributed by atoms with Gasteiger partial charge < -0.3 is 0 Å². The highest BCUT2D eigenvalue weighted by molar-refractivity contribution is 9.10. The first-order chi connectivity index (χ1) is 10.7. The van der Waals surface area contributed by atoms with Gasteiger partial charge >= 0.3 is 0 Å². The third-order valence-electron chi connectivity index (χ3n) is 3.59. The van der Waals surface area contributed by atoms with E-state index in [0.29, 0.717) is 10.8 Å². The SMILES string of the molecule is Cc1nc2c(Br)cccc2n2c(-c3ccccc3Cl)nnc12. The Hall–Kier alpha value is -1.98. The van der Waals surface area contributed by atoms with Crippen molar-refractivity contribution in [3.63, 3.8) is 0 Å². The summed E-state index contributed by atoms with van der Waals surface area (Å²) in [4.78, 5) is 4.63. The van der Waals surface area contributed by atoms with Crippen LogP contribution in [0.2, 0.25) is 5.02 Å². The number of para-hydroxylation sites is 1. The van der Waals surface area contributed by atoms with Crippen LogP contribution in [0.5, 0.6) is 0 Å². The molecular formula is C16H10BrClN4. The third kappa shape index (κ3) is 1.93. The molecule has 0 radical (unpaired) electrons. The second-order valence-electron chi connectivity index (χ2n) is 4.97. The molecule has 0 saturated carbocycles. The maximum Gasteiger partial charge on any atom is 0.183 e. The van der Waals surface area contributed by atoms with Crippen LogP contribution in [0.4, 0.5) is 0 Å². The standard InChI is InChI=1S/C16H10BrClN4/c1-9-15-20-21-16(10-5-2-3-7-12(10)18)22(15)13-8-4-6-11(17)14(13)19-9/h2-8H,1H3. The summed E-state index contributed by atoms with van der Waals surface area (Å²) in [5.41, 5.74) is 4.23. The molecular weight excluding hydrogens is 364 g/mol. The van der Waals surface area contributed by atoms with Gasteiger partial charge in [0.2, 0.25) is 0 Å². The minimum atomic E-state index is 0.648. The molecule has 4 rings (SSSR count). The van der Waals surface area contributed by atoms with Crippen molar-refractivity contribution in [3.8, 4) is 11.4 Å². The summed E-state index contributed by atoms with van der Waals surface area (Å²) in [6.45, 7) is 1.93. The van der Waals surface area contributed by atoms with E-state index in [9.17, 15) is 0 Å². The van der Waals surface area contributed by atoms with Gasteiger partial charge in [-0.05, 0) is 47.1 Å². The quantitative estimate of drug-likeness (QED) is 0.487. The Kier molecular flexibility index (Phi) is 3.13. The van der Waals surface area contributed by atoms with Gasteiger partial charge in [0.05, 0.1) is 16.2 Å². The first-order valence-electron chi connectivity index (χ1n) is 6.71. The molecule has 0 unspecified atom stereocenters. The van der Waals surface area contributed by atoms with Crippen molar-refractivity contribution in [2.75, 3.05) is 0 Å². The number of aryl methyl sites for hydroxylation is 1. The minimum absolute atomic E-state index is 0.648. The van der Waals surface area contributed by atoms with Gasteiger partial charge in [-0.15, -0.1) is 10.2 Å². The summed E-state index contributed by atoms with van der Waals surface area (Å²) in [5, 5.41) is 9.28. The van der Waals surface area contributed by atoms with Gasteiger partial charge in [-0.3, -0.25) is 4.40 Å². The molecule has 6 heteroatoms. The van der Waals surface area contributed by atoms with Crippen LogP contribution in [0.1, 0.15) is 5.69 Å². The minimum Gasteiger partial charge on any atom is -0.272 e. The van der Waals surface area contributed by atoms with Crippen molar-refractivity contribution in [2.24, 2.45) is 0 Å². The molecule has 0 atom stereocenters. The molecule has 4 aromatic rings. The molecule has 2 aromatic heterocycles. The fraction of sp³-hybridized carbons (Fsp3) is 0.0625. The summed E-state index contributed by atoms with van der Waals surface area (Å²) in [7, 11) is 0. The van der Waals surface area contributed by atoms with Gasteiger partial charge in [0, 0.05) is 10.0 Å². The predicted molar refractivity (Wildman–Crippen MR) is 91.2 cm³/mol. The Morgan fingerprint density at radius 1 is 1.05 bits per heavy atom. The highest BCUT2D eigenvalue weighted by atomic mass is 79.9. The van der Waals surface area contributed by atoms with Crippen molar-refractivity contribution >= 4 is 44.2 Å². The maximum absolute atomic E-state index is 6.33. The number of hydrogen-bond donors (Lipinski definition) is 0. The molecule has 0 saturated heterocycles. The van der Waals surface area contributed by atoms with Crippen molar-refractivity contribution in [1.29, 1.82) is 0 Å². The van der Waals surface area contributed by atoms with Crippen molar-refractivity contribution in [2.45, 2.75) is 6.92 Å². The lowest BCUT2D eigenvalue weighted by Crippen LogP contribution is -1.98. The number of fused-ring (bicyclic) bond motifs is 3. The Balaban J connectivity index is 2.21. The first kappa shape index (κ1) is 13.7. The lowest BCUT2D eigenvalue weighted by molar-refractivity contribution is 1.11. The van der Waals surface area contributed by atoms with Gasteiger partial charge in [0.25, 0.3) is 0 Å². The highest BCUT2D eigenvalue weighted by Gasteiger charge is 2.16. The maximum atomic E-state index is 6.33. The fourth-order valence-electron chi connectivity index (χ4n) is 2.58. The van der Waals surface area contributed by atoms with Gasteiger partial charge in [-0.25, -0.2) is 4.98 Å². The van der Waals surface area contributed by atoms with Crippen molar-refractivity contribution in [1.82, 2.24) is 19.6 Å². The number of aromatic nitrogens is 4. The van der Waals surface area contributed by atoms with Crippen LogP contribution in [-0.2, 0) is 0 Å². The Labute approximate surface area is 139 Å². The smallest absolute Gasteiger partial charge is 0.183 e. The number of rotatable bonds is 1. The normalized spacial score (nSPS) is 11.4. The van der Waals surface area contributed by atoms with E-state index in [4.69, 9.17) is 11.6 Å². The molecule has 2 aromatic carbocycles. The number of hydrogen-bond acceptors (Lipinski definition) is 3. The zero-order valence-corrected chi connectivity index (χ0v) is 13.9. The molecule has 22 heavy (non-hydrogen) atoms. The second kappa shape index (κ2) is 5.04. The summed E-state index contributed by atoms with van der Waals surface area (Å²) >= 11 is 9.89. The summed E-state index contributed by atoms with van der Waals surface area (Å²) in [5.74, 6) is 0.717. The van der Waals surface area contributed by atoms with Gasteiger partial charge in [0.15, 0.2) is 11.5 Å². The third-order valence-corrected chi connectivity index (χ3v) is 4.56. The molecule has 0 fully saturated rings. The molecule has 0 aliphatic heterocycles. The molecule has 0 aliphatic rings. The first-order valence-corrected chi connectivity index (χ1v) is 7.89. The lowest BCUT2D eigenvalue weighted by Gasteiger charge is -2.08. The molecule has 0 spiro atoms. The second-order valence-corrected chi connectivity index (χ2v) is 6.23. The van der Waals surface area contributed by atoms with E-state index >= 15 is 0 Å². The predicted octanol–water partition coefficient (Wildman–Crippen LogP) is 4.67. The molecule has 4 nitrogen and oxygen atoms in total. The Morgan fingerprint density at radius 3 is 2.68 bits per heavy atom. The largest absolute Gasteiger partial charge is 0.272 e. The highest BCUT2D eigenvalue weighted by Crippen LogP contribution is 2.31. The summed E-state index contributed by atoms with van der Waals surface area (Å²) in [6, 6.07) is 13.6. The van der Waals surface area contributed by atoms with Crippen molar-refractivity contribution < 1.29 is 0 Å². The van der Waals surface area contributed by atoms with Crippen LogP contribution < -0.4 is 0 Å². The van der Waals surface area contributed by atoms with Gasteiger partial charge in [0.1, 0.15) is 5.52 Å². The molecule has 0 amide bonds. The van der Waals surface area contributed by atoms with Crippen LogP contribution in [0, 0.1) is 6.92 Å². The van der Waals surface area contributed by atoms with Crippen LogP contribution in [0.3, 0.4) is 0 Å². The molecule has 2 heterocycles. The fourth-order valence-corrected chi connectivity index (χ4v) is 3.24. The van der Waals surface area contributed by atoms with E-state index in [-0.39, 0.29) is 0 Å². The van der Waals surface area contributed by atoms with Crippen molar-refractivity contribution in [3.05, 3.63) is 57.7 Å². The van der Waals surface area contributed by atoms with Gasteiger partial charge in [-0.2, -0.15) is 0 Å². The number of halogens is 2. The molecule has 108 valence electrons. The Morgan fingerprint density at radius 2 is 1.86 bits per heavy atom. The molecule has 0 N–H and O–H groups in total. The molecule has 0 aliphatic carbocycles. The van der Waals surface area contributed by atoms with Crippen LogP contribution in [-0.4, -0.2) is 19.6 Å². The van der Waals surface area contributed by atoms with E-state index in [0.717, 1.165) is 32.4 Å². The Bertz CT molecular complexity index is 1030. The van der Waals surface area contributed by atoms with E-state index in [2.05, 4.69) is 31.1 Å². The van der Waals surface area contributed by atoms with Crippen LogP contribution in [0.15, 0.2) is 46.9 Å². The van der Waals surface area contributed by atoms with Crippen LogP contribution in [0.25, 0.3) is 28.1 Å². The van der Waals surface area contributed by atoms with E-state index in [1.807, 2.05) is 53.8 Å². The number of nitrogens with zero attached hydrogens (tertiary/aromatic N) is 4. The van der Waals surface area contributed by atoms with Gasteiger partial charge in [-0.1, -0.05) is 29.8 Å². The van der Waals surface area contributed by atoms with Crippen LogP contribution >= 0.6 is 27.5 Å². The summed E-state index contributed by atoms with van der Waals surface area (Å²) in [6.07, 6.45) is 0. The average Bonchev–Trinajstić information content (AvgIpc) is 2.95. The lowest BCUT2D eigenvalue weighted by atomic mass is 10.2. The zero-order chi connectivity index (χ0) is 15.3. The average molecular weight is 374 g/mol. The molecule has 0 bridgehead atoms. The van der Waals surface area contributed by atoms with E-state index in [1.54, 1.807) is 0 Å².